The van der Waals surface area contributed by atoms with Gasteiger partial charge in [0.15, 0.2) is 6.73 Å². The van der Waals surface area contributed by atoms with Crippen LogP contribution < -0.4 is 20.1 Å². The van der Waals surface area contributed by atoms with Gasteiger partial charge in [0, 0.05) is 5.69 Å². The van der Waals surface area contributed by atoms with Gasteiger partial charge in [0.25, 0.3) is 0 Å². The summed E-state index contributed by atoms with van der Waals surface area (Å²) in [6.07, 6.45) is 0. The summed E-state index contributed by atoms with van der Waals surface area (Å²) in [5, 5.41) is 5.35. The molecule has 0 saturated carbocycles. The summed E-state index contributed by atoms with van der Waals surface area (Å²) in [4.78, 5) is 11.7. The van der Waals surface area contributed by atoms with E-state index in [9.17, 15) is 4.79 Å². The Bertz CT molecular complexity index is 639. The van der Waals surface area contributed by atoms with E-state index in [1.807, 2.05) is 32.0 Å². The van der Waals surface area contributed by atoms with Gasteiger partial charge in [-0.25, -0.2) is 4.79 Å². The molecule has 2 rings (SSSR count). The van der Waals surface area contributed by atoms with Crippen LogP contribution in [-0.4, -0.2) is 19.9 Å². The van der Waals surface area contributed by atoms with E-state index >= 15 is 0 Å². The molecule has 22 heavy (non-hydrogen) atoms. The number of carbonyl (C=O) groups is 1. The molecule has 116 valence electrons. The van der Waals surface area contributed by atoms with Gasteiger partial charge in [-0.2, -0.15) is 0 Å². The zero-order valence-electron chi connectivity index (χ0n) is 13.0. The number of ether oxygens (including phenoxy) is 2. The molecule has 0 fully saturated rings. The third kappa shape index (κ3) is 4.41. The number of rotatable bonds is 5. The zero-order valence-corrected chi connectivity index (χ0v) is 13.0. The van der Waals surface area contributed by atoms with Crippen LogP contribution in [0.5, 0.6) is 11.5 Å². The van der Waals surface area contributed by atoms with E-state index in [1.54, 1.807) is 31.4 Å². The predicted molar refractivity (Wildman–Crippen MR) is 86.6 cm³/mol. The first-order chi connectivity index (χ1) is 10.6. The van der Waals surface area contributed by atoms with Gasteiger partial charge in [0.05, 0.1) is 7.11 Å². The van der Waals surface area contributed by atoms with Crippen LogP contribution in [0.1, 0.15) is 11.1 Å². The van der Waals surface area contributed by atoms with E-state index in [0.29, 0.717) is 5.69 Å². The number of urea groups is 1. The maximum atomic E-state index is 11.7. The molecule has 0 unspecified atom stereocenters. The second-order valence-corrected chi connectivity index (χ2v) is 4.89. The summed E-state index contributed by atoms with van der Waals surface area (Å²) < 4.78 is 10.6. The highest BCUT2D eigenvalue weighted by molar-refractivity contribution is 5.89. The number of carbonyl (C=O) groups excluding carboxylic acids is 1. The summed E-state index contributed by atoms with van der Waals surface area (Å²) in [6, 6.07) is 12.6. The van der Waals surface area contributed by atoms with Crippen molar-refractivity contribution in [1.29, 1.82) is 0 Å². The summed E-state index contributed by atoms with van der Waals surface area (Å²) in [6.45, 7) is 4.16. The maximum Gasteiger partial charge on any atom is 0.321 e. The SMILES string of the molecule is COc1ccc(NC(=O)NCOc2ccc(C)c(C)c2)cc1. The maximum absolute atomic E-state index is 11.7. The van der Waals surface area contributed by atoms with Crippen LogP contribution in [0, 0.1) is 13.8 Å². The Morgan fingerprint density at radius 2 is 1.68 bits per heavy atom. The number of hydrogen-bond acceptors (Lipinski definition) is 3. The number of nitrogens with one attached hydrogen (secondary N) is 2. The molecule has 2 N–H and O–H groups in total. The Hall–Kier alpha value is -2.69. The standard InChI is InChI=1S/C17H20N2O3/c1-12-4-7-16(10-13(12)2)22-11-18-17(20)19-14-5-8-15(21-3)9-6-14/h4-10H,11H2,1-3H3,(H2,18,19,20). The van der Waals surface area contributed by atoms with Crippen molar-refractivity contribution in [2.24, 2.45) is 0 Å². The average molecular weight is 300 g/mol. The van der Waals surface area contributed by atoms with E-state index in [1.165, 1.54) is 5.56 Å². The van der Waals surface area contributed by atoms with E-state index in [0.717, 1.165) is 17.1 Å². The molecule has 0 heterocycles. The largest absolute Gasteiger partial charge is 0.497 e. The fourth-order valence-corrected chi connectivity index (χ4v) is 1.84. The van der Waals surface area contributed by atoms with Crippen molar-refractivity contribution in [3.8, 4) is 11.5 Å². The molecule has 0 bridgehead atoms. The van der Waals surface area contributed by atoms with Gasteiger partial charge in [-0.1, -0.05) is 6.07 Å². The van der Waals surface area contributed by atoms with Crippen LogP contribution in [0.25, 0.3) is 0 Å². The van der Waals surface area contributed by atoms with Crippen molar-refractivity contribution in [2.45, 2.75) is 13.8 Å². The third-order valence-electron chi connectivity index (χ3n) is 3.30. The molecule has 0 aromatic heterocycles. The monoisotopic (exact) mass is 300 g/mol. The molecule has 2 aromatic carbocycles. The summed E-state index contributed by atoms with van der Waals surface area (Å²) in [5.74, 6) is 1.47. The lowest BCUT2D eigenvalue weighted by Gasteiger charge is -2.10. The Balaban J connectivity index is 1.78. The minimum absolute atomic E-state index is 0.102. The van der Waals surface area contributed by atoms with Gasteiger partial charge in [-0.15, -0.1) is 0 Å². The Morgan fingerprint density at radius 3 is 2.32 bits per heavy atom. The summed E-state index contributed by atoms with van der Waals surface area (Å²) >= 11 is 0. The lowest BCUT2D eigenvalue weighted by molar-refractivity contribution is 0.234. The van der Waals surface area contributed by atoms with Crippen LogP contribution >= 0.6 is 0 Å². The quantitative estimate of drug-likeness (QED) is 0.831. The first kappa shape index (κ1) is 15.7. The van der Waals surface area contributed by atoms with Crippen LogP contribution in [0.4, 0.5) is 10.5 Å². The summed E-state index contributed by atoms with van der Waals surface area (Å²) in [7, 11) is 1.60. The van der Waals surface area contributed by atoms with Crippen LogP contribution in [0.3, 0.4) is 0 Å². The number of anilines is 1. The van der Waals surface area contributed by atoms with Gasteiger partial charge in [-0.3, -0.25) is 0 Å². The van der Waals surface area contributed by atoms with E-state index in [-0.39, 0.29) is 12.8 Å². The lowest BCUT2D eigenvalue weighted by Crippen LogP contribution is -2.32. The van der Waals surface area contributed by atoms with Crippen molar-refractivity contribution < 1.29 is 14.3 Å². The lowest BCUT2D eigenvalue weighted by atomic mass is 10.1. The Labute approximate surface area is 130 Å². The topological polar surface area (TPSA) is 59.6 Å². The van der Waals surface area contributed by atoms with Gasteiger partial charge < -0.3 is 20.1 Å². The van der Waals surface area contributed by atoms with Gasteiger partial charge in [0.2, 0.25) is 0 Å². The molecule has 0 saturated heterocycles. The Kier molecular flexibility index (Phi) is 5.25. The number of benzene rings is 2. The van der Waals surface area contributed by atoms with Crippen LogP contribution in [-0.2, 0) is 0 Å². The second-order valence-electron chi connectivity index (χ2n) is 4.89. The van der Waals surface area contributed by atoms with Crippen LogP contribution in [0.15, 0.2) is 42.5 Å². The molecule has 2 aromatic rings. The molecule has 0 atom stereocenters. The number of amides is 2. The minimum Gasteiger partial charge on any atom is -0.497 e. The van der Waals surface area contributed by atoms with Crippen molar-refractivity contribution in [1.82, 2.24) is 5.32 Å². The molecule has 0 radical (unpaired) electrons. The van der Waals surface area contributed by atoms with Gasteiger partial charge in [-0.05, 0) is 61.4 Å². The molecule has 2 amide bonds. The van der Waals surface area contributed by atoms with E-state index in [2.05, 4.69) is 10.6 Å². The number of hydrogen-bond donors (Lipinski definition) is 2. The fraction of sp³-hybridized carbons (Fsp3) is 0.235. The first-order valence-electron chi connectivity index (χ1n) is 6.97. The number of methoxy groups -OCH3 is 1. The first-order valence-corrected chi connectivity index (χ1v) is 6.97. The molecule has 0 aliphatic rings. The molecule has 5 heteroatoms. The molecule has 0 aliphatic carbocycles. The second kappa shape index (κ2) is 7.36. The van der Waals surface area contributed by atoms with Gasteiger partial charge in [0.1, 0.15) is 11.5 Å². The minimum atomic E-state index is -0.325. The number of aryl methyl sites for hydroxylation is 2. The van der Waals surface area contributed by atoms with Crippen molar-refractivity contribution in [3.05, 3.63) is 53.6 Å². The molecule has 5 nitrogen and oxygen atoms in total. The van der Waals surface area contributed by atoms with Crippen molar-refractivity contribution in [3.63, 3.8) is 0 Å². The predicted octanol–water partition coefficient (Wildman–Crippen LogP) is 3.47. The average Bonchev–Trinajstić information content (AvgIpc) is 2.51. The summed E-state index contributed by atoms with van der Waals surface area (Å²) in [5.41, 5.74) is 3.04. The van der Waals surface area contributed by atoms with Crippen molar-refractivity contribution >= 4 is 11.7 Å². The van der Waals surface area contributed by atoms with E-state index < -0.39 is 0 Å². The van der Waals surface area contributed by atoms with E-state index in [4.69, 9.17) is 9.47 Å². The van der Waals surface area contributed by atoms with Crippen LogP contribution in [0.2, 0.25) is 0 Å². The fourth-order valence-electron chi connectivity index (χ4n) is 1.84. The zero-order chi connectivity index (χ0) is 15.9. The highest BCUT2D eigenvalue weighted by atomic mass is 16.5. The normalized spacial score (nSPS) is 9.95. The molecule has 0 spiro atoms. The molecular formula is C17H20N2O3. The highest BCUT2D eigenvalue weighted by Gasteiger charge is 2.02. The Morgan fingerprint density at radius 1 is 1.00 bits per heavy atom. The smallest absolute Gasteiger partial charge is 0.321 e. The highest BCUT2D eigenvalue weighted by Crippen LogP contribution is 2.16. The van der Waals surface area contributed by atoms with Gasteiger partial charge >= 0.3 is 6.03 Å². The third-order valence-corrected chi connectivity index (χ3v) is 3.30. The van der Waals surface area contributed by atoms with Crippen molar-refractivity contribution in [2.75, 3.05) is 19.2 Å². The molecule has 0 aliphatic heterocycles. The molecular weight excluding hydrogens is 280 g/mol.